The van der Waals surface area contributed by atoms with Crippen LogP contribution in [0.25, 0.3) is 0 Å². The minimum Gasteiger partial charge on any atom is -0.377 e. The Labute approximate surface area is 167 Å². The van der Waals surface area contributed by atoms with Crippen LogP contribution in [0, 0.1) is 11.3 Å². The molecule has 142 valence electrons. The SMILES string of the molecule is CN=C(NCc1cnc(N(C)C)n1C)NC1C2CCOC2C1(C)C.I. The summed E-state index contributed by atoms with van der Waals surface area (Å²) in [4.78, 5) is 10.8. The molecule has 1 saturated carbocycles. The summed E-state index contributed by atoms with van der Waals surface area (Å²) in [7, 11) is 7.85. The first kappa shape index (κ1) is 20.3. The molecule has 0 spiro atoms. The number of aromatic nitrogens is 2. The van der Waals surface area contributed by atoms with Crippen molar-refractivity contribution in [2.45, 2.75) is 39.0 Å². The molecular formula is C17H31IN6O. The van der Waals surface area contributed by atoms with E-state index in [2.05, 4.69) is 39.0 Å². The number of nitrogens with one attached hydrogen (secondary N) is 2. The van der Waals surface area contributed by atoms with Gasteiger partial charge in [0.2, 0.25) is 5.95 Å². The van der Waals surface area contributed by atoms with Crippen molar-refractivity contribution in [3.05, 3.63) is 11.9 Å². The van der Waals surface area contributed by atoms with E-state index in [9.17, 15) is 0 Å². The molecule has 1 aliphatic heterocycles. The zero-order valence-electron chi connectivity index (χ0n) is 16.0. The normalized spacial score (nSPS) is 27.1. The molecule has 1 saturated heterocycles. The van der Waals surface area contributed by atoms with E-state index in [4.69, 9.17) is 4.74 Å². The van der Waals surface area contributed by atoms with Crippen molar-refractivity contribution >= 4 is 35.9 Å². The number of nitrogens with zero attached hydrogens (tertiary/aromatic N) is 4. The minimum absolute atomic E-state index is 0. The maximum absolute atomic E-state index is 5.87. The van der Waals surface area contributed by atoms with E-state index in [0.717, 1.165) is 30.6 Å². The smallest absolute Gasteiger partial charge is 0.204 e. The van der Waals surface area contributed by atoms with Gasteiger partial charge in [0.25, 0.3) is 0 Å². The predicted molar refractivity (Wildman–Crippen MR) is 112 cm³/mol. The molecule has 0 aromatic carbocycles. The Bertz CT molecular complexity index is 627. The third kappa shape index (κ3) is 3.60. The highest BCUT2D eigenvalue weighted by Gasteiger charge is 2.59. The van der Waals surface area contributed by atoms with Gasteiger partial charge in [-0.3, -0.25) is 4.99 Å². The van der Waals surface area contributed by atoms with Crippen molar-refractivity contribution < 1.29 is 4.74 Å². The molecule has 0 amide bonds. The van der Waals surface area contributed by atoms with Crippen LogP contribution < -0.4 is 15.5 Å². The van der Waals surface area contributed by atoms with Crippen LogP contribution in [0.15, 0.2) is 11.2 Å². The summed E-state index contributed by atoms with van der Waals surface area (Å²) in [5.74, 6) is 2.38. The number of rotatable bonds is 4. The highest BCUT2D eigenvalue weighted by molar-refractivity contribution is 14.0. The first-order valence-electron chi connectivity index (χ1n) is 8.63. The third-order valence-corrected chi connectivity index (χ3v) is 5.51. The number of hydrogen-bond acceptors (Lipinski definition) is 4. The van der Waals surface area contributed by atoms with Gasteiger partial charge in [-0.25, -0.2) is 4.98 Å². The molecule has 2 heterocycles. The second kappa shape index (κ2) is 7.69. The van der Waals surface area contributed by atoms with Gasteiger partial charge in [0.1, 0.15) is 0 Å². The lowest BCUT2D eigenvalue weighted by Gasteiger charge is -2.54. The summed E-state index contributed by atoms with van der Waals surface area (Å²) in [5.41, 5.74) is 1.26. The fourth-order valence-electron chi connectivity index (χ4n) is 4.15. The molecule has 7 nitrogen and oxygen atoms in total. The Morgan fingerprint density at radius 2 is 2.20 bits per heavy atom. The maximum Gasteiger partial charge on any atom is 0.204 e. The zero-order chi connectivity index (χ0) is 17.5. The largest absolute Gasteiger partial charge is 0.377 e. The van der Waals surface area contributed by atoms with Gasteiger partial charge in [0, 0.05) is 52.2 Å². The first-order valence-corrected chi connectivity index (χ1v) is 8.63. The number of ether oxygens (including phenoxy) is 1. The Morgan fingerprint density at radius 3 is 2.80 bits per heavy atom. The molecule has 25 heavy (non-hydrogen) atoms. The van der Waals surface area contributed by atoms with Crippen LogP contribution in [0.4, 0.5) is 5.95 Å². The second-order valence-electron chi connectivity index (χ2n) is 7.62. The molecule has 0 bridgehead atoms. The van der Waals surface area contributed by atoms with E-state index in [1.807, 2.05) is 39.3 Å². The van der Waals surface area contributed by atoms with Gasteiger partial charge in [-0.05, 0) is 6.42 Å². The van der Waals surface area contributed by atoms with Crippen molar-refractivity contribution in [1.82, 2.24) is 20.2 Å². The van der Waals surface area contributed by atoms with Crippen molar-refractivity contribution in [3.63, 3.8) is 0 Å². The Kier molecular flexibility index (Phi) is 6.24. The summed E-state index contributed by atoms with van der Waals surface area (Å²) < 4.78 is 7.96. The molecular weight excluding hydrogens is 431 g/mol. The maximum atomic E-state index is 5.87. The van der Waals surface area contributed by atoms with Crippen LogP contribution in [-0.4, -0.2) is 55.4 Å². The highest BCUT2D eigenvalue weighted by Crippen LogP contribution is 2.52. The lowest BCUT2D eigenvalue weighted by atomic mass is 9.57. The quantitative estimate of drug-likeness (QED) is 0.404. The molecule has 0 radical (unpaired) electrons. The van der Waals surface area contributed by atoms with E-state index >= 15 is 0 Å². The van der Waals surface area contributed by atoms with Gasteiger partial charge in [-0.1, -0.05) is 13.8 Å². The van der Waals surface area contributed by atoms with Gasteiger partial charge < -0.3 is 24.8 Å². The summed E-state index contributed by atoms with van der Waals surface area (Å²) in [5, 5.41) is 7.02. The van der Waals surface area contributed by atoms with E-state index in [0.29, 0.717) is 24.6 Å². The third-order valence-electron chi connectivity index (χ3n) is 5.51. The average Bonchev–Trinajstić information content (AvgIpc) is 3.13. The molecule has 3 atom stereocenters. The molecule has 2 fully saturated rings. The Balaban J connectivity index is 0.00000225. The topological polar surface area (TPSA) is 66.7 Å². The van der Waals surface area contributed by atoms with Crippen LogP contribution in [0.1, 0.15) is 26.0 Å². The molecule has 1 aromatic heterocycles. The lowest BCUT2D eigenvalue weighted by molar-refractivity contribution is -0.106. The lowest BCUT2D eigenvalue weighted by Crippen LogP contribution is -2.67. The Hall–Kier alpha value is -1.03. The fourth-order valence-corrected chi connectivity index (χ4v) is 4.15. The molecule has 1 aliphatic carbocycles. The van der Waals surface area contributed by atoms with Crippen LogP contribution >= 0.6 is 24.0 Å². The number of halogens is 1. The monoisotopic (exact) mass is 462 g/mol. The first-order chi connectivity index (χ1) is 11.4. The highest BCUT2D eigenvalue weighted by atomic mass is 127. The van der Waals surface area contributed by atoms with Crippen LogP contribution in [0.2, 0.25) is 0 Å². The second-order valence-corrected chi connectivity index (χ2v) is 7.62. The number of guanidine groups is 1. The van der Waals surface area contributed by atoms with Gasteiger partial charge >= 0.3 is 0 Å². The molecule has 3 rings (SSSR count). The van der Waals surface area contributed by atoms with Gasteiger partial charge in [0.05, 0.1) is 24.5 Å². The molecule has 1 aromatic rings. The van der Waals surface area contributed by atoms with Gasteiger partial charge in [0.15, 0.2) is 5.96 Å². The number of anilines is 1. The zero-order valence-corrected chi connectivity index (χ0v) is 18.4. The molecule has 2 aliphatic rings. The molecule has 2 N–H and O–H groups in total. The van der Waals surface area contributed by atoms with Gasteiger partial charge in [-0.2, -0.15) is 0 Å². The number of aliphatic imine (C=N–C) groups is 1. The van der Waals surface area contributed by atoms with E-state index in [1.54, 1.807) is 0 Å². The minimum atomic E-state index is 0. The van der Waals surface area contributed by atoms with Crippen LogP contribution in [0.3, 0.4) is 0 Å². The van der Waals surface area contributed by atoms with Crippen LogP contribution in [-0.2, 0) is 18.3 Å². The van der Waals surface area contributed by atoms with E-state index < -0.39 is 0 Å². The van der Waals surface area contributed by atoms with Crippen molar-refractivity contribution in [3.8, 4) is 0 Å². The van der Waals surface area contributed by atoms with Crippen molar-refractivity contribution in [1.29, 1.82) is 0 Å². The predicted octanol–water partition coefficient (Wildman–Crippen LogP) is 1.58. The van der Waals surface area contributed by atoms with Crippen LogP contribution in [0.5, 0.6) is 0 Å². The number of hydrogen-bond donors (Lipinski definition) is 2. The number of imidazole rings is 1. The summed E-state index contributed by atoms with van der Waals surface area (Å²) >= 11 is 0. The average molecular weight is 462 g/mol. The fraction of sp³-hybridized carbons (Fsp3) is 0.765. The molecule has 3 unspecified atom stereocenters. The van der Waals surface area contributed by atoms with E-state index in [-0.39, 0.29) is 29.4 Å². The number of fused-ring (bicyclic) bond motifs is 1. The van der Waals surface area contributed by atoms with E-state index in [1.165, 1.54) is 0 Å². The van der Waals surface area contributed by atoms with Gasteiger partial charge in [-0.15, -0.1) is 24.0 Å². The summed E-state index contributed by atoms with van der Waals surface area (Å²) in [6.07, 6.45) is 3.42. The van der Waals surface area contributed by atoms with Crippen molar-refractivity contribution in [2.75, 3.05) is 32.6 Å². The summed E-state index contributed by atoms with van der Waals surface area (Å²) in [6, 6.07) is 0.403. The van der Waals surface area contributed by atoms with Crippen molar-refractivity contribution in [2.24, 2.45) is 23.4 Å². The Morgan fingerprint density at radius 1 is 1.48 bits per heavy atom. The summed E-state index contributed by atoms with van der Waals surface area (Å²) in [6.45, 7) is 6.11. The standard InChI is InChI=1S/C17H30N6O.HI/c1-17(2)13(12-7-8-24-14(12)17)21-15(18-3)19-9-11-10-20-16(22(4)5)23(11)6;/h10,12-14H,7-9H2,1-6H3,(H2,18,19,21);1H. The molecule has 8 heteroatoms.